The zero-order chi connectivity index (χ0) is 13.2. The molecule has 0 spiro atoms. The highest BCUT2D eigenvalue weighted by molar-refractivity contribution is 5.47. The first-order chi connectivity index (χ1) is 9.26. The summed E-state index contributed by atoms with van der Waals surface area (Å²) < 4.78 is 23.3. The van der Waals surface area contributed by atoms with Crippen molar-refractivity contribution in [1.29, 1.82) is 0 Å². The monoisotopic (exact) mass is 264 g/mol. The van der Waals surface area contributed by atoms with Crippen molar-refractivity contribution in [2.45, 2.75) is 18.6 Å². The maximum atomic E-state index is 12.8. The molecule has 2 aromatic rings. The largest absolute Gasteiger partial charge is 0.380 e. The number of hydrogen-bond acceptors (Lipinski definition) is 6. The van der Waals surface area contributed by atoms with Gasteiger partial charge in [-0.1, -0.05) is 5.16 Å². The quantitative estimate of drug-likeness (QED) is 0.901. The van der Waals surface area contributed by atoms with E-state index in [4.69, 9.17) is 9.26 Å². The van der Waals surface area contributed by atoms with E-state index in [1.807, 2.05) is 0 Å². The highest BCUT2D eigenvalue weighted by Crippen LogP contribution is 2.25. The average Bonchev–Trinajstić information content (AvgIpc) is 3.08. The lowest BCUT2D eigenvalue weighted by Crippen LogP contribution is -2.16. The molecule has 2 aromatic heterocycles. The lowest BCUT2D eigenvalue weighted by molar-refractivity contribution is 0.116. The van der Waals surface area contributed by atoms with Crippen molar-refractivity contribution in [2.75, 3.05) is 13.7 Å². The summed E-state index contributed by atoms with van der Waals surface area (Å²) in [6.07, 6.45) is 2.07. The van der Waals surface area contributed by atoms with Crippen LogP contribution in [-0.2, 0) is 4.74 Å². The van der Waals surface area contributed by atoms with E-state index in [0.29, 0.717) is 17.4 Å². The Morgan fingerprint density at radius 3 is 3.05 bits per heavy atom. The first-order valence-corrected chi connectivity index (χ1v) is 5.98. The molecule has 7 heteroatoms. The van der Waals surface area contributed by atoms with Crippen LogP contribution >= 0.6 is 0 Å². The van der Waals surface area contributed by atoms with E-state index in [1.54, 1.807) is 7.11 Å². The van der Waals surface area contributed by atoms with E-state index in [2.05, 4.69) is 20.4 Å². The standard InChI is InChI=1S/C12H13FN4O2/c1-18-8-4-10(15-6-8)12-16-11(17-19-12)9-3-2-7(13)5-14-9/h2-3,5,8,10,15H,4,6H2,1H3. The molecule has 2 unspecified atom stereocenters. The zero-order valence-electron chi connectivity index (χ0n) is 10.3. The molecule has 0 amide bonds. The first kappa shape index (κ1) is 12.2. The number of rotatable bonds is 3. The van der Waals surface area contributed by atoms with Crippen molar-refractivity contribution in [1.82, 2.24) is 20.4 Å². The predicted octanol–water partition coefficient (Wildman–Crippen LogP) is 1.32. The molecule has 1 N–H and O–H groups in total. The number of hydrogen-bond donors (Lipinski definition) is 1. The molecule has 1 aliphatic heterocycles. The number of ether oxygens (including phenoxy) is 1. The number of nitrogens with zero attached hydrogens (tertiary/aromatic N) is 3. The lowest BCUT2D eigenvalue weighted by atomic mass is 10.2. The highest BCUT2D eigenvalue weighted by Gasteiger charge is 2.29. The summed E-state index contributed by atoms with van der Waals surface area (Å²) in [5.74, 6) is 0.464. The molecule has 3 rings (SSSR count). The van der Waals surface area contributed by atoms with E-state index < -0.39 is 5.82 Å². The predicted molar refractivity (Wildman–Crippen MR) is 63.6 cm³/mol. The van der Waals surface area contributed by atoms with Crippen LogP contribution in [0.5, 0.6) is 0 Å². The summed E-state index contributed by atoms with van der Waals surface area (Å²) in [6, 6.07) is 2.82. The molecule has 1 fully saturated rings. The minimum Gasteiger partial charge on any atom is -0.380 e. The molecule has 0 aliphatic carbocycles. The van der Waals surface area contributed by atoms with Crippen LogP contribution in [0.1, 0.15) is 18.4 Å². The Kier molecular flexibility index (Phi) is 3.22. The molecule has 1 saturated heterocycles. The molecule has 0 bridgehead atoms. The molecule has 0 aromatic carbocycles. The third kappa shape index (κ3) is 2.47. The number of methoxy groups -OCH3 is 1. The van der Waals surface area contributed by atoms with Crippen LogP contribution in [0.15, 0.2) is 22.9 Å². The van der Waals surface area contributed by atoms with Crippen LogP contribution in [0.2, 0.25) is 0 Å². The Hall–Kier alpha value is -1.86. The van der Waals surface area contributed by atoms with Crippen LogP contribution in [-0.4, -0.2) is 34.9 Å². The normalized spacial score (nSPS) is 22.8. The number of halogens is 1. The summed E-state index contributed by atoms with van der Waals surface area (Å²) in [5.41, 5.74) is 0.484. The molecule has 2 atom stereocenters. The zero-order valence-corrected chi connectivity index (χ0v) is 10.3. The summed E-state index contributed by atoms with van der Waals surface area (Å²) in [7, 11) is 1.68. The Bertz CT molecular complexity index is 557. The molecule has 1 aliphatic rings. The maximum absolute atomic E-state index is 12.8. The van der Waals surface area contributed by atoms with Gasteiger partial charge in [-0.3, -0.25) is 0 Å². The van der Waals surface area contributed by atoms with Crippen molar-refractivity contribution >= 4 is 0 Å². The first-order valence-electron chi connectivity index (χ1n) is 5.98. The van der Waals surface area contributed by atoms with Crippen molar-refractivity contribution in [3.63, 3.8) is 0 Å². The van der Waals surface area contributed by atoms with Crippen LogP contribution in [0, 0.1) is 5.82 Å². The lowest BCUT2D eigenvalue weighted by Gasteiger charge is -2.04. The Morgan fingerprint density at radius 1 is 1.47 bits per heavy atom. The molecule has 19 heavy (non-hydrogen) atoms. The van der Waals surface area contributed by atoms with E-state index in [1.165, 1.54) is 12.1 Å². The molecule has 6 nitrogen and oxygen atoms in total. The third-order valence-electron chi connectivity index (χ3n) is 3.12. The summed E-state index contributed by atoms with van der Waals surface area (Å²) in [6.45, 7) is 0.758. The van der Waals surface area contributed by atoms with Gasteiger partial charge < -0.3 is 14.6 Å². The fourth-order valence-electron chi connectivity index (χ4n) is 2.06. The van der Waals surface area contributed by atoms with Gasteiger partial charge in [0, 0.05) is 13.7 Å². The average molecular weight is 264 g/mol. The SMILES string of the molecule is COC1CNC(c2nc(-c3ccc(F)cn3)no2)C1. The Balaban J connectivity index is 1.78. The fraction of sp³-hybridized carbons (Fsp3) is 0.417. The van der Waals surface area contributed by atoms with Crippen LogP contribution in [0.4, 0.5) is 4.39 Å². The Labute approximate surface area is 109 Å². The van der Waals surface area contributed by atoms with Gasteiger partial charge in [0.05, 0.1) is 18.3 Å². The van der Waals surface area contributed by atoms with Gasteiger partial charge in [-0.2, -0.15) is 4.98 Å². The molecule has 100 valence electrons. The van der Waals surface area contributed by atoms with E-state index in [0.717, 1.165) is 19.2 Å². The van der Waals surface area contributed by atoms with Gasteiger partial charge in [-0.25, -0.2) is 9.37 Å². The molecular weight excluding hydrogens is 251 g/mol. The number of pyridine rings is 1. The summed E-state index contributed by atoms with van der Waals surface area (Å²) in [5, 5.41) is 7.11. The third-order valence-corrected chi connectivity index (χ3v) is 3.12. The molecule has 3 heterocycles. The van der Waals surface area contributed by atoms with Crippen LogP contribution < -0.4 is 5.32 Å². The Morgan fingerprint density at radius 2 is 2.37 bits per heavy atom. The molecule has 0 radical (unpaired) electrons. The summed E-state index contributed by atoms with van der Waals surface area (Å²) in [4.78, 5) is 8.19. The number of nitrogens with one attached hydrogen (secondary N) is 1. The fourth-order valence-corrected chi connectivity index (χ4v) is 2.06. The second kappa shape index (κ2) is 5.02. The van der Waals surface area contributed by atoms with Gasteiger partial charge in [0.15, 0.2) is 0 Å². The minimum absolute atomic E-state index is 0.00773. The van der Waals surface area contributed by atoms with Crippen LogP contribution in [0.25, 0.3) is 11.5 Å². The van der Waals surface area contributed by atoms with Crippen molar-refractivity contribution in [2.24, 2.45) is 0 Å². The topological polar surface area (TPSA) is 73.1 Å². The van der Waals surface area contributed by atoms with Crippen molar-refractivity contribution in [3.05, 3.63) is 30.0 Å². The van der Waals surface area contributed by atoms with Crippen LogP contribution in [0.3, 0.4) is 0 Å². The van der Waals surface area contributed by atoms with Gasteiger partial charge >= 0.3 is 0 Å². The second-order valence-electron chi connectivity index (χ2n) is 4.37. The smallest absolute Gasteiger partial charge is 0.244 e. The number of aromatic nitrogens is 3. The molecular formula is C12H13FN4O2. The van der Waals surface area contributed by atoms with E-state index in [9.17, 15) is 4.39 Å². The van der Waals surface area contributed by atoms with E-state index in [-0.39, 0.29) is 12.1 Å². The van der Waals surface area contributed by atoms with Crippen molar-refractivity contribution < 1.29 is 13.7 Å². The van der Waals surface area contributed by atoms with Gasteiger partial charge in [0.2, 0.25) is 11.7 Å². The minimum atomic E-state index is -0.395. The molecule has 0 saturated carbocycles. The second-order valence-corrected chi connectivity index (χ2v) is 4.37. The van der Waals surface area contributed by atoms with Gasteiger partial charge in [0.25, 0.3) is 0 Å². The van der Waals surface area contributed by atoms with Gasteiger partial charge in [-0.05, 0) is 18.6 Å². The van der Waals surface area contributed by atoms with Crippen molar-refractivity contribution in [3.8, 4) is 11.5 Å². The van der Waals surface area contributed by atoms with Gasteiger partial charge in [0.1, 0.15) is 11.5 Å². The van der Waals surface area contributed by atoms with Gasteiger partial charge in [-0.15, -0.1) is 0 Å². The van der Waals surface area contributed by atoms with E-state index >= 15 is 0 Å². The highest BCUT2D eigenvalue weighted by atomic mass is 19.1. The maximum Gasteiger partial charge on any atom is 0.244 e. The summed E-state index contributed by atoms with van der Waals surface area (Å²) >= 11 is 0.